The first-order valence-electron chi connectivity index (χ1n) is 7.68. The van der Waals surface area contributed by atoms with Crippen LogP contribution >= 0.6 is 0 Å². The third-order valence-electron chi connectivity index (χ3n) is 4.00. The van der Waals surface area contributed by atoms with Gasteiger partial charge in [0.15, 0.2) is 0 Å². The molecule has 6 nitrogen and oxygen atoms in total. The van der Waals surface area contributed by atoms with Crippen LogP contribution in [0.15, 0.2) is 24.3 Å². The van der Waals surface area contributed by atoms with Crippen molar-refractivity contribution in [3.63, 3.8) is 0 Å². The summed E-state index contributed by atoms with van der Waals surface area (Å²) in [7, 11) is 1.60. The maximum atomic E-state index is 12.1. The van der Waals surface area contributed by atoms with Gasteiger partial charge in [-0.25, -0.2) is 0 Å². The molecule has 2 rings (SSSR count). The first-order chi connectivity index (χ1) is 11.1. The van der Waals surface area contributed by atoms with Crippen LogP contribution in [0.1, 0.15) is 25.3 Å². The van der Waals surface area contributed by atoms with Gasteiger partial charge in [-0.3, -0.25) is 9.59 Å². The minimum absolute atomic E-state index is 0.0361. The highest BCUT2D eigenvalue weighted by Crippen LogP contribution is 2.21. The third kappa shape index (κ3) is 4.22. The summed E-state index contributed by atoms with van der Waals surface area (Å²) in [4.78, 5) is 25.9. The van der Waals surface area contributed by atoms with Crippen LogP contribution < -0.4 is 10.1 Å². The van der Waals surface area contributed by atoms with Crippen LogP contribution in [0.3, 0.4) is 0 Å². The van der Waals surface area contributed by atoms with Crippen molar-refractivity contribution >= 4 is 11.8 Å². The number of methoxy groups -OCH3 is 1. The Morgan fingerprint density at radius 3 is 2.74 bits per heavy atom. The average molecular weight is 315 g/mol. The van der Waals surface area contributed by atoms with E-state index in [-0.39, 0.29) is 24.2 Å². The van der Waals surface area contributed by atoms with Crippen molar-refractivity contribution < 1.29 is 14.3 Å². The molecule has 0 aromatic heterocycles. The molecule has 0 aliphatic carbocycles. The van der Waals surface area contributed by atoms with E-state index in [4.69, 9.17) is 10.00 Å². The van der Waals surface area contributed by atoms with Gasteiger partial charge in [0.25, 0.3) is 0 Å². The summed E-state index contributed by atoms with van der Waals surface area (Å²) in [6, 6.07) is 9.05. The van der Waals surface area contributed by atoms with Crippen LogP contribution in [-0.2, 0) is 16.1 Å². The maximum Gasteiger partial charge on any atom is 0.226 e. The molecule has 1 aromatic carbocycles. The quantitative estimate of drug-likeness (QED) is 0.861. The lowest BCUT2D eigenvalue weighted by Crippen LogP contribution is -2.38. The Hall–Kier alpha value is -2.55. The molecule has 2 atom stereocenters. The molecule has 1 fully saturated rings. The molecule has 1 heterocycles. The minimum atomic E-state index is -0.492. The first-order valence-corrected chi connectivity index (χ1v) is 7.68. The van der Waals surface area contributed by atoms with Gasteiger partial charge < -0.3 is 15.0 Å². The molecule has 1 aliphatic heterocycles. The molecule has 1 aromatic rings. The molecule has 0 radical (unpaired) electrons. The predicted molar refractivity (Wildman–Crippen MR) is 84.4 cm³/mol. The standard InChI is InChI=1S/C17H21N3O3/c1-3-14(9-18)19-17(22)13-8-16(21)20(11-13)10-12-4-6-15(23-2)7-5-12/h4-7,13-14H,3,8,10-11H2,1-2H3,(H,19,22)/t13-,14-/m1/s1. The molecule has 23 heavy (non-hydrogen) atoms. The fourth-order valence-electron chi connectivity index (χ4n) is 2.57. The SMILES string of the molecule is CC[C@H](C#N)NC(=O)[C@@H]1CC(=O)N(Cc2ccc(OC)cc2)C1. The molecule has 1 N–H and O–H groups in total. The summed E-state index contributed by atoms with van der Waals surface area (Å²) in [6.07, 6.45) is 0.752. The number of hydrogen-bond donors (Lipinski definition) is 1. The zero-order valence-corrected chi connectivity index (χ0v) is 13.4. The Balaban J connectivity index is 1.94. The van der Waals surface area contributed by atoms with E-state index < -0.39 is 6.04 Å². The molecule has 0 spiro atoms. The predicted octanol–water partition coefficient (Wildman–Crippen LogP) is 1.46. The summed E-state index contributed by atoms with van der Waals surface area (Å²) < 4.78 is 5.11. The van der Waals surface area contributed by atoms with E-state index in [1.54, 1.807) is 12.0 Å². The number of nitrogens with zero attached hydrogens (tertiary/aromatic N) is 2. The van der Waals surface area contributed by atoms with Crippen LogP contribution in [0.4, 0.5) is 0 Å². The highest BCUT2D eigenvalue weighted by Gasteiger charge is 2.34. The topological polar surface area (TPSA) is 82.4 Å². The van der Waals surface area contributed by atoms with Crippen LogP contribution in [0.5, 0.6) is 5.75 Å². The number of rotatable bonds is 6. The van der Waals surface area contributed by atoms with Gasteiger partial charge in [0, 0.05) is 19.5 Å². The van der Waals surface area contributed by atoms with Gasteiger partial charge in [-0.05, 0) is 24.1 Å². The fraction of sp³-hybridized carbons (Fsp3) is 0.471. The molecule has 1 saturated heterocycles. The molecular weight excluding hydrogens is 294 g/mol. The summed E-state index contributed by atoms with van der Waals surface area (Å²) >= 11 is 0. The van der Waals surface area contributed by atoms with Crippen molar-refractivity contribution in [2.45, 2.75) is 32.4 Å². The Labute approximate surface area is 136 Å². The zero-order chi connectivity index (χ0) is 16.8. The van der Waals surface area contributed by atoms with Gasteiger partial charge >= 0.3 is 0 Å². The number of carbonyl (C=O) groups excluding carboxylic acids is 2. The Morgan fingerprint density at radius 1 is 1.48 bits per heavy atom. The maximum absolute atomic E-state index is 12.1. The minimum Gasteiger partial charge on any atom is -0.497 e. The van der Waals surface area contributed by atoms with Crippen molar-refractivity contribution in [3.05, 3.63) is 29.8 Å². The molecule has 0 saturated carbocycles. The second kappa shape index (κ2) is 7.63. The second-order valence-electron chi connectivity index (χ2n) is 5.62. The largest absolute Gasteiger partial charge is 0.497 e. The van der Waals surface area contributed by atoms with Gasteiger partial charge in [-0.15, -0.1) is 0 Å². The van der Waals surface area contributed by atoms with Crippen LogP contribution in [-0.4, -0.2) is 36.4 Å². The highest BCUT2D eigenvalue weighted by atomic mass is 16.5. The lowest BCUT2D eigenvalue weighted by molar-refractivity contribution is -0.129. The third-order valence-corrected chi connectivity index (χ3v) is 4.00. The van der Waals surface area contributed by atoms with Crippen LogP contribution in [0, 0.1) is 17.2 Å². The number of amides is 2. The number of hydrogen-bond acceptors (Lipinski definition) is 4. The van der Waals surface area contributed by atoms with Gasteiger partial charge in [0.05, 0.1) is 19.1 Å². The van der Waals surface area contributed by atoms with Crippen molar-refractivity contribution in [1.82, 2.24) is 10.2 Å². The molecule has 1 aliphatic rings. The number of benzene rings is 1. The fourth-order valence-corrected chi connectivity index (χ4v) is 2.57. The molecule has 0 bridgehead atoms. The number of likely N-dealkylation sites (tertiary alicyclic amines) is 1. The Morgan fingerprint density at radius 2 is 2.17 bits per heavy atom. The molecule has 6 heteroatoms. The molecule has 2 amide bonds. The average Bonchev–Trinajstić information content (AvgIpc) is 2.94. The summed E-state index contributed by atoms with van der Waals surface area (Å²) in [5.74, 6) is 0.124. The van der Waals surface area contributed by atoms with E-state index >= 15 is 0 Å². The van der Waals surface area contributed by atoms with Crippen molar-refractivity contribution in [3.8, 4) is 11.8 Å². The van der Waals surface area contributed by atoms with Gasteiger partial charge in [-0.1, -0.05) is 19.1 Å². The summed E-state index contributed by atoms with van der Waals surface area (Å²) in [5.41, 5.74) is 0.990. The van der Waals surface area contributed by atoms with E-state index in [1.165, 1.54) is 0 Å². The zero-order valence-electron chi connectivity index (χ0n) is 13.4. The van der Waals surface area contributed by atoms with Gasteiger partial charge in [-0.2, -0.15) is 5.26 Å². The smallest absolute Gasteiger partial charge is 0.226 e. The summed E-state index contributed by atoms with van der Waals surface area (Å²) in [5, 5.41) is 11.6. The van der Waals surface area contributed by atoms with E-state index in [2.05, 4.69) is 5.32 Å². The van der Waals surface area contributed by atoms with E-state index in [9.17, 15) is 9.59 Å². The Kier molecular flexibility index (Phi) is 5.58. The lowest BCUT2D eigenvalue weighted by atomic mass is 10.1. The van der Waals surface area contributed by atoms with Gasteiger partial charge in [0.2, 0.25) is 11.8 Å². The second-order valence-corrected chi connectivity index (χ2v) is 5.62. The van der Waals surface area contributed by atoms with Gasteiger partial charge in [0.1, 0.15) is 11.8 Å². The molecule has 122 valence electrons. The molecular formula is C17H21N3O3. The van der Waals surface area contributed by atoms with Crippen molar-refractivity contribution in [2.24, 2.45) is 5.92 Å². The number of ether oxygens (including phenoxy) is 1. The van der Waals surface area contributed by atoms with Crippen LogP contribution in [0.25, 0.3) is 0 Å². The van der Waals surface area contributed by atoms with Crippen molar-refractivity contribution in [1.29, 1.82) is 5.26 Å². The Bertz CT molecular complexity index is 607. The van der Waals surface area contributed by atoms with Crippen LogP contribution in [0.2, 0.25) is 0 Å². The van der Waals surface area contributed by atoms with E-state index in [0.717, 1.165) is 11.3 Å². The number of nitrogens with one attached hydrogen (secondary N) is 1. The van der Waals surface area contributed by atoms with Crippen molar-refractivity contribution in [2.75, 3.05) is 13.7 Å². The first kappa shape index (κ1) is 16.8. The van der Waals surface area contributed by atoms with E-state index in [0.29, 0.717) is 19.5 Å². The highest BCUT2D eigenvalue weighted by molar-refractivity contribution is 5.89. The number of nitriles is 1. The monoisotopic (exact) mass is 315 g/mol. The number of carbonyl (C=O) groups is 2. The summed E-state index contributed by atoms with van der Waals surface area (Å²) in [6.45, 7) is 2.70. The van der Waals surface area contributed by atoms with E-state index in [1.807, 2.05) is 37.3 Å². The lowest BCUT2D eigenvalue weighted by Gasteiger charge is -2.17. The normalized spacial score (nSPS) is 18.4. The molecule has 0 unspecified atom stereocenters.